The third kappa shape index (κ3) is 2.98. The van der Waals surface area contributed by atoms with Gasteiger partial charge in [0.05, 0.1) is 6.26 Å². The average Bonchev–Trinajstić information content (AvgIpc) is 1.94. The van der Waals surface area contributed by atoms with Crippen molar-refractivity contribution in [3.8, 4) is 5.75 Å². The molecule has 0 saturated heterocycles. The van der Waals surface area contributed by atoms with Crippen LogP contribution in [0.5, 0.6) is 5.75 Å². The maximum absolute atomic E-state index is 12.7. The van der Waals surface area contributed by atoms with Gasteiger partial charge >= 0.3 is 10.1 Å². The molecular weight excluding hydrogens is 202 g/mol. The number of benzene rings is 1. The largest absolute Gasteiger partial charge is 0.379 e. The lowest BCUT2D eigenvalue weighted by atomic mass is 10.3. The first kappa shape index (κ1) is 9.91. The van der Waals surface area contributed by atoms with Crippen molar-refractivity contribution in [2.75, 3.05) is 6.26 Å². The van der Waals surface area contributed by atoms with Gasteiger partial charge in [0, 0.05) is 6.07 Å². The highest BCUT2D eigenvalue weighted by molar-refractivity contribution is 7.86. The minimum atomic E-state index is -3.82. The normalized spacial score (nSPS) is 11.3. The van der Waals surface area contributed by atoms with Gasteiger partial charge in [-0.05, 0) is 12.1 Å². The molecule has 0 aliphatic carbocycles. The van der Waals surface area contributed by atoms with Crippen LogP contribution in [0.4, 0.5) is 8.78 Å². The van der Waals surface area contributed by atoms with Crippen LogP contribution in [0.3, 0.4) is 0 Å². The van der Waals surface area contributed by atoms with Gasteiger partial charge in [0.15, 0.2) is 11.6 Å². The van der Waals surface area contributed by atoms with E-state index in [4.69, 9.17) is 0 Å². The molecule has 0 fully saturated rings. The molecule has 0 radical (unpaired) electrons. The van der Waals surface area contributed by atoms with E-state index in [9.17, 15) is 17.2 Å². The van der Waals surface area contributed by atoms with Crippen LogP contribution in [0.15, 0.2) is 18.2 Å². The van der Waals surface area contributed by atoms with Gasteiger partial charge < -0.3 is 4.18 Å². The average molecular weight is 208 g/mol. The molecular formula is C7H6F2O3S. The van der Waals surface area contributed by atoms with Crippen molar-refractivity contribution < 1.29 is 21.4 Å². The van der Waals surface area contributed by atoms with Gasteiger partial charge in [-0.2, -0.15) is 8.42 Å². The summed E-state index contributed by atoms with van der Waals surface area (Å²) in [6.07, 6.45) is 0.747. The summed E-state index contributed by atoms with van der Waals surface area (Å²) in [4.78, 5) is 0. The zero-order chi connectivity index (χ0) is 10.1. The SMILES string of the molecule is CS(=O)(=O)Oc1cc(F)ccc1F. The Morgan fingerprint density at radius 2 is 1.92 bits per heavy atom. The molecule has 0 spiro atoms. The molecule has 0 aromatic heterocycles. The molecule has 0 N–H and O–H groups in total. The summed E-state index contributed by atoms with van der Waals surface area (Å²) >= 11 is 0. The number of halogens is 2. The van der Waals surface area contributed by atoms with Gasteiger partial charge in [-0.15, -0.1) is 0 Å². The summed E-state index contributed by atoms with van der Waals surface area (Å²) in [5.74, 6) is -2.32. The predicted molar refractivity (Wildman–Crippen MR) is 41.8 cm³/mol. The molecule has 0 aliphatic heterocycles. The van der Waals surface area contributed by atoms with E-state index in [-0.39, 0.29) is 0 Å². The van der Waals surface area contributed by atoms with Crippen LogP contribution in [0, 0.1) is 11.6 Å². The topological polar surface area (TPSA) is 43.4 Å². The molecule has 3 nitrogen and oxygen atoms in total. The van der Waals surface area contributed by atoms with E-state index < -0.39 is 27.5 Å². The zero-order valence-corrected chi connectivity index (χ0v) is 7.44. The fourth-order valence-corrected chi connectivity index (χ4v) is 1.16. The van der Waals surface area contributed by atoms with Crippen LogP contribution in [0.1, 0.15) is 0 Å². The van der Waals surface area contributed by atoms with Gasteiger partial charge in [0.2, 0.25) is 0 Å². The minimum Gasteiger partial charge on any atom is -0.379 e. The smallest absolute Gasteiger partial charge is 0.306 e. The first-order valence-corrected chi connectivity index (χ1v) is 5.04. The highest BCUT2D eigenvalue weighted by atomic mass is 32.2. The summed E-state index contributed by atoms with van der Waals surface area (Å²) in [7, 11) is -3.82. The Hall–Kier alpha value is -1.17. The Labute approximate surface area is 74.1 Å². The lowest BCUT2D eigenvalue weighted by molar-refractivity contribution is 0.462. The molecule has 0 atom stereocenters. The second-order valence-electron chi connectivity index (χ2n) is 2.36. The zero-order valence-electron chi connectivity index (χ0n) is 6.62. The molecule has 0 unspecified atom stereocenters. The van der Waals surface area contributed by atoms with E-state index in [0.29, 0.717) is 6.07 Å². The molecule has 6 heteroatoms. The highest BCUT2D eigenvalue weighted by Crippen LogP contribution is 2.19. The van der Waals surface area contributed by atoms with Crippen molar-refractivity contribution >= 4 is 10.1 Å². The van der Waals surface area contributed by atoms with Crippen molar-refractivity contribution in [2.24, 2.45) is 0 Å². The van der Waals surface area contributed by atoms with Crippen LogP contribution in [0.25, 0.3) is 0 Å². The molecule has 1 aromatic carbocycles. The molecule has 0 bridgehead atoms. The molecule has 0 heterocycles. The lowest BCUT2D eigenvalue weighted by Crippen LogP contribution is -2.07. The van der Waals surface area contributed by atoms with E-state index in [1.54, 1.807) is 0 Å². The maximum atomic E-state index is 12.7. The monoisotopic (exact) mass is 208 g/mol. The summed E-state index contributed by atoms with van der Waals surface area (Å²) < 4.78 is 50.5. The molecule has 72 valence electrons. The molecule has 0 amide bonds. The molecule has 13 heavy (non-hydrogen) atoms. The molecule has 1 rings (SSSR count). The minimum absolute atomic E-state index is 0.637. The van der Waals surface area contributed by atoms with Crippen molar-refractivity contribution in [3.05, 3.63) is 29.8 Å². The van der Waals surface area contributed by atoms with Crippen LogP contribution in [-0.4, -0.2) is 14.7 Å². The van der Waals surface area contributed by atoms with E-state index in [1.807, 2.05) is 0 Å². The second-order valence-corrected chi connectivity index (χ2v) is 3.94. The Morgan fingerprint density at radius 1 is 1.31 bits per heavy atom. The quantitative estimate of drug-likeness (QED) is 0.688. The van der Waals surface area contributed by atoms with Crippen molar-refractivity contribution in [2.45, 2.75) is 0 Å². The molecule has 1 aromatic rings. The predicted octanol–water partition coefficient (Wildman–Crippen LogP) is 1.30. The van der Waals surface area contributed by atoms with Crippen LogP contribution in [0.2, 0.25) is 0 Å². The number of hydrogen-bond acceptors (Lipinski definition) is 3. The summed E-state index contributed by atoms with van der Waals surface area (Å²) in [6, 6.07) is 2.32. The Balaban J connectivity index is 3.08. The van der Waals surface area contributed by atoms with Gasteiger partial charge in [-0.3, -0.25) is 0 Å². The van der Waals surface area contributed by atoms with Gasteiger partial charge in [-0.25, -0.2) is 8.78 Å². The second kappa shape index (κ2) is 3.29. The maximum Gasteiger partial charge on any atom is 0.306 e. The van der Waals surface area contributed by atoms with Crippen molar-refractivity contribution in [3.63, 3.8) is 0 Å². The van der Waals surface area contributed by atoms with Crippen LogP contribution in [-0.2, 0) is 10.1 Å². The highest BCUT2D eigenvalue weighted by Gasteiger charge is 2.10. The number of rotatable bonds is 2. The van der Waals surface area contributed by atoms with Crippen LogP contribution < -0.4 is 4.18 Å². The third-order valence-corrected chi connectivity index (χ3v) is 1.62. The molecule has 0 aliphatic rings. The summed E-state index contributed by atoms with van der Waals surface area (Å²) in [5.41, 5.74) is 0. The Bertz CT molecular complexity index is 414. The summed E-state index contributed by atoms with van der Waals surface area (Å²) in [6.45, 7) is 0. The van der Waals surface area contributed by atoms with E-state index in [2.05, 4.69) is 4.18 Å². The molecule has 0 saturated carbocycles. The Kier molecular flexibility index (Phi) is 2.51. The van der Waals surface area contributed by atoms with Gasteiger partial charge in [0.1, 0.15) is 5.82 Å². The van der Waals surface area contributed by atoms with E-state index >= 15 is 0 Å². The lowest BCUT2D eigenvalue weighted by Gasteiger charge is -2.03. The first-order valence-electron chi connectivity index (χ1n) is 3.23. The van der Waals surface area contributed by atoms with E-state index in [1.165, 1.54) is 0 Å². The van der Waals surface area contributed by atoms with Crippen LogP contribution >= 0.6 is 0 Å². The van der Waals surface area contributed by atoms with Crippen molar-refractivity contribution in [1.29, 1.82) is 0 Å². The summed E-state index contributed by atoms with van der Waals surface area (Å²) in [5, 5.41) is 0. The first-order chi connectivity index (χ1) is 5.88. The van der Waals surface area contributed by atoms with Gasteiger partial charge in [-0.1, -0.05) is 0 Å². The number of hydrogen-bond donors (Lipinski definition) is 0. The van der Waals surface area contributed by atoms with Crippen molar-refractivity contribution in [1.82, 2.24) is 0 Å². The van der Waals surface area contributed by atoms with E-state index in [0.717, 1.165) is 18.4 Å². The fourth-order valence-electron chi connectivity index (χ4n) is 0.704. The standard InChI is InChI=1S/C7H6F2O3S/c1-13(10,11)12-7-4-5(8)2-3-6(7)9/h2-4H,1H3. The Morgan fingerprint density at radius 3 is 2.46 bits per heavy atom. The van der Waals surface area contributed by atoms with Gasteiger partial charge in [0.25, 0.3) is 0 Å². The third-order valence-electron chi connectivity index (χ3n) is 1.13. The fraction of sp³-hybridized carbons (Fsp3) is 0.143.